The van der Waals surface area contributed by atoms with Crippen LogP contribution in [0.15, 0.2) is 48.5 Å². The van der Waals surface area contributed by atoms with Crippen LogP contribution in [0.3, 0.4) is 0 Å². The van der Waals surface area contributed by atoms with Gasteiger partial charge >= 0.3 is 0 Å². The molecule has 1 amide bonds. The number of non-ortho nitro benzene ring substituents is 1. The van der Waals surface area contributed by atoms with Crippen molar-refractivity contribution in [1.82, 2.24) is 10.6 Å². The highest BCUT2D eigenvalue weighted by Crippen LogP contribution is 2.22. The Bertz CT molecular complexity index is 782. The van der Waals surface area contributed by atoms with Crippen molar-refractivity contribution >= 4 is 24.0 Å². The summed E-state index contributed by atoms with van der Waals surface area (Å²) in [6.07, 6.45) is 1.81. The van der Waals surface area contributed by atoms with E-state index in [1.165, 1.54) is 23.3 Å². The number of hydrogen-bond acceptors (Lipinski definition) is 4. The molecule has 0 radical (unpaired) electrons. The molecule has 1 heterocycles. The maximum Gasteiger partial charge on any atom is 0.269 e. The molecule has 1 aliphatic heterocycles. The molecule has 6 nitrogen and oxygen atoms in total. The number of amides is 1. The lowest BCUT2D eigenvalue weighted by molar-refractivity contribution is -0.384. The number of rotatable bonds is 6. The van der Waals surface area contributed by atoms with Gasteiger partial charge in [-0.15, -0.1) is 12.4 Å². The van der Waals surface area contributed by atoms with Crippen LogP contribution >= 0.6 is 12.4 Å². The molecule has 3 rings (SSSR count). The Morgan fingerprint density at radius 2 is 2.04 bits per heavy atom. The fourth-order valence-corrected chi connectivity index (χ4v) is 3.16. The first-order chi connectivity index (χ1) is 12.1. The Morgan fingerprint density at radius 1 is 1.23 bits per heavy atom. The van der Waals surface area contributed by atoms with Crippen molar-refractivity contribution in [3.05, 3.63) is 75.3 Å². The SMILES string of the molecule is Cl.O=C(CCc1cccc([N+](=O)[O-])c1)NCC1NCCc2ccccc21. The highest BCUT2D eigenvalue weighted by molar-refractivity contribution is 5.85. The highest BCUT2D eigenvalue weighted by atomic mass is 35.5. The standard InChI is InChI=1S/C19H21N3O3.ClH/c23-19(9-8-14-4-3-6-16(12-14)22(24)25)21-13-18-17-7-2-1-5-15(17)10-11-20-18;/h1-7,12,18,20H,8-11,13H2,(H,21,23);1H. The van der Waals surface area contributed by atoms with Gasteiger partial charge in [0.15, 0.2) is 0 Å². The first kappa shape index (κ1) is 19.9. The van der Waals surface area contributed by atoms with Gasteiger partial charge in [-0.25, -0.2) is 0 Å². The van der Waals surface area contributed by atoms with Crippen molar-refractivity contribution in [2.45, 2.75) is 25.3 Å². The van der Waals surface area contributed by atoms with Crippen molar-refractivity contribution in [2.75, 3.05) is 13.1 Å². The van der Waals surface area contributed by atoms with Gasteiger partial charge in [-0.2, -0.15) is 0 Å². The third-order valence-electron chi connectivity index (χ3n) is 4.48. The Kier molecular flexibility index (Phi) is 7.12. The van der Waals surface area contributed by atoms with Crippen LogP contribution in [0.5, 0.6) is 0 Å². The van der Waals surface area contributed by atoms with Gasteiger partial charge in [0.1, 0.15) is 0 Å². The van der Waals surface area contributed by atoms with Crippen molar-refractivity contribution in [2.24, 2.45) is 0 Å². The highest BCUT2D eigenvalue weighted by Gasteiger charge is 2.19. The minimum absolute atomic E-state index is 0. The molecule has 2 N–H and O–H groups in total. The fraction of sp³-hybridized carbons (Fsp3) is 0.316. The normalized spacial score (nSPS) is 15.5. The number of nitrogens with one attached hydrogen (secondary N) is 2. The number of carbonyl (C=O) groups excluding carboxylic acids is 1. The second kappa shape index (κ2) is 9.31. The molecule has 7 heteroatoms. The number of carbonyl (C=O) groups is 1. The minimum Gasteiger partial charge on any atom is -0.354 e. The summed E-state index contributed by atoms with van der Waals surface area (Å²) in [7, 11) is 0. The Balaban J connectivity index is 0.00000243. The predicted octanol–water partition coefficient (Wildman–Crippen LogP) is 2.95. The van der Waals surface area contributed by atoms with Gasteiger partial charge in [0, 0.05) is 31.1 Å². The molecule has 1 unspecified atom stereocenters. The number of nitro groups is 1. The molecule has 0 saturated carbocycles. The molecule has 0 bridgehead atoms. The van der Waals surface area contributed by atoms with E-state index >= 15 is 0 Å². The van der Waals surface area contributed by atoms with Crippen LogP contribution in [-0.2, 0) is 17.6 Å². The zero-order valence-electron chi connectivity index (χ0n) is 14.3. The molecule has 0 saturated heterocycles. The Hall–Kier alpha value is -2.44. The van der Waals surface area contributed by atoms with E-state index in [9.17, 15) is 14.9 Å². The monoisotopic (exact) mass is 375 g/mol. The van der Waals surface area contributed by atoms with Gasteiger partial charge in [-0.3, -0.25) is 14.9 Å². The van der Waals surface area contributed by atoms with Gasteiger partial charge in [0.2, 0.25) is 5.91 Å². The summed E-state index contributed by atoms with van der Waals surface area (Å²) in [5, 5.41) is 17.2. The van der Waals surface area contributed by atoms with E-state index < -0.39 is 4.92 Å². The van der Waals surface area contributed by atoms with Gasteiger partial charge in [-0.1, -0.05) is 36.4 Å². The summed E-state index contributed by atoms with van der Waals surface area (Å²) in [6, 6.07) is 14.8. The molecule has 0 aliphatic carbocycles. The molecule has 1 atom stereocenters. The molecule has 26 heavy (non-hydrogen) atoms. The molecule has 138 valence electrons. The van der Waals surface area contributed by atoms with Gasteiger partial charge in [0.05, 0.1) is 4.92 Å². The van der Waals surface area contributed by atoms with Crippen LogP contribution in [-0.4, -0.2) is 23.9 Å². The lowest BCUT2D eigenvalue weighted by atomic mass is 9.94. The summed E-state index contributed by atoms with van der Waals surface area (Å²) in [6.45, 7) is 1.45. The molecule has 2 aromatic rings. The lowest BCUT2D eigenvalue weighted by Crippen LogP contribution is -2.38. The summed E-state index contributed by atoms with van der Waals surface area (Å²) >= 11 is 0. The van der Waals surface area contributed by atoms with Crippen molar-refractivity contribution in [3.63, 3.8) is 0 Å². The number of nitrogens with zero attached hydrogens (tertiary/aromatic N) is 1. The minimum atomic E-state index is -0.421. The first-order valence-electron chi connectivity index (χ1n) is 8.44. The lowest BCUT2D eigenvalue weighted by Gasteiger charge is -2.27. The summed E-state index contributed by atoms with van der Waals surface area (Å²) in [4.78, 5) is 22.5. The Labute approximate surface area is 158 Å². The number of nitro benzene ring substituents is 1. The largest absolute Gasteiger partial charge is 0.354 e. The summed E-state index contributed by atoms with van der Waals surface area (Å²) < 4.78 is 0. The van der Waals surface area contributed by atoms with Gasteiger partial charge < -0.3 is 10.6 Å². The molecule has 0 spiro atoms. The molecular weight excluding hydrogens is 354 g/mol. The number of benzene rings is 2. The number of aryl methyl sites for hydroxylation is 1. The van der Waals surface area contributed by atoms with Crippen LogP contribution in [0.1, 0.15) is 29.2 Å². The van der Waals surface area contributed by atoms with E-state index in [0.717, 1.165) is 18.5 Å². The third kappa shape index (κ3) is 5.03. The second-order valence-electron chi connectivity index (χ2n) is 6.19. The van der Waals surface area contributed by atoms with E-state index in [-0.39, 0.29) is 30.0 Å². The smallest absolute Gasteiger partial charge is 0.269 e. The van der Waals surface area contributed by atoms with Crippen molar-refractivity contribution in [1.29, 1.82) is 0 Å². The summed E-state index contributed by atoms with van der Waals surface area (Å²) in [5.41, 5.74) is 3.43. The Morgan fingerprint density at radius 3 is 2.85 bits per heavy atom. The maximum absolute atomic E-state index is 12.1. The predicted molar refractivity (Wildman–Crippen MR) is 103 cm³/mol. The first-order valence-corrected chi connectivity index (χ1v) is 8.44. The van der Waals surface area contributed by atoms with Crippen LogP contribution in [0.4, 0.5) is 5.69 Å². The molecule has 2 aromatic carbocycles. The maximum atomic E-state index is 12.1. The number of fused-ring (bicyclic) bond motifs is 1. The van der Waals surface area contributed by atoms with E-state index in [1.54, 1.807) is 12.1 Å². The van der Waals surface area contributed by atoms with E-state index in [0.29, 0.717) is 19.4 Å². The summed E-state index contributed by atoms with van der Waals surface area (Å²) in [5.74, 6) is -0.0450. The third-order valence-corrected chi connectivity index (χ3v) is 4.48. The van der Waals surface area contributed by atoms with Crippen molar-refractivity contribution in [3.8, 4) is 0 Å². The van der Waals surface area contributed by atoms with Gasteiger partial charge in [-0.05, 0) is 36.1 Å². The quantitative estimate of drug-likeness (QED) is 0.600. The van der Waals surface area contributed by atoms with Crippen LogP contribution < -0.4 is 10.6 Å². The van der Waals surface area contributed by atoms with E-state index in [2.05, 4.69) is 22.8 Å². The van der Waals surface area contributed by atoms with Crippen LogP contribution in [0.2, 0.25) is 0 Å². The van der Waals surface area contributed by atoms with Crippen molar-refractivity contribution < 1.29 is 9.72 Å². The number of hydrogen-bond donors (Lipinski definition) is 2. The molecule has 0 fully saturated rings. The number of halogens is 1. The molecule has 1 aliphatic rings. The fourth-order valence-electron chi connectivity index (χ4n) is 3.16. The van der Waals surface area contributed by atoms with Crippen LogP contribution in [0, 0.1) is 10.1 Å². The average molecular weight is 376 g/mol. The zero-order chi connectivity index (χ0) is 17.6. The van der Waals surface area contributed by atoms with Gasteiger partial charge in [0.25, 0.3) is 5.69 Å². The topological polar surface area (TPSA) is 84.3 Å². The average Bonchev–Trinajstić information content (AvgIpc) is 2.65. The zero-order valence-corrected chi connectivity index (χ0v) is 15.1. The second-order valence-corrected chi connectivity index (χ2v) is 6.19. The van der Waals surface area contributed by atoms with E-state index in [1.807, 2.05) is 12.1 Å². The molecular formula is C19H22ClN3O3. The molecule has 0 aromatic heterocycles. The van der Waals surface area contributed by atoms with E-state index in [4.69, 9.17) is 0 Å². The van der Waals surface area contributed by atoms with Crippen LogP contribution in [0.25, 0.3) is 0 Å².